The number of aromatic hydroxyl groups is 1. The number of benzene rings is 4. The summed E-state index contributed by atoms with van der Waals surface area (Å²) in [5, 5.41) is 37.1. The van der Waals surface area contributed by atoms with E-state index in [1.165, 1.54) is 6.07 Å². The number of hydrogen-bond acceptors (Lipinski definition) is 16. The van der Waals surface area contributed by atoms with Gasteiger partial charge in [0, 0.05) is 74.5 Å². The quantitative estimate of drug-likeness (QED) is 0.0543. The van der Waals surface area contributed by atoms with Gasteiger partial charge < -0.3 is 39.7 Å². The second-order valence-electron chi connectivity index (χ2n) is 20.9. The van der Waals surface area contributed by atoms with Crippen molar-refractivity contribution in [1.82, 2.24) is 41.0 Å². The summed E-state index contributed by atoms with van der Waals surface area (Å²) < 4.78 is 35.4. The molecule has 0 bridgehead atoms. The van der Waals surface area contributed by atoms with Gasteiger partial charge in [0.15, 0.2) is 17.1 Å². The van der Waals surface area contributed by atoms with Crippen LogP contribution in [-0.2, 0) is 15.0 Å². The first kappa shape index (κ1) is 52.2. The molecule has 0 aliphatic carbocycles. The third-order valence-corrected chi connectivity index (χ3v) is 16.2. The Kier molecular flexibility index (Phi) is 15.1. The number of piperazine rings is 1. The molecule has 3 saturated heterocycles. The molecular weight excluding hydrogens is 997 g/mol. The lowest BCUT2D eigenvalue weighted by molar-refractivity contribution is -0.138. The van der Waals surface area contributed by atoms with Gasteiger partial charge in [0.05, 0.1) is 39.9 Å². The van der Waals surface area contributed by atoms with Gasteiger partial charge in [-0.2, -0.15) is 9.97 Å². The Morgan fingerprint density at radius 3 is 2.51 bits per heavy atom. The molecule has 3 fully saturated rings. The van der Waals surface area contributed by atoms with Crippen LogP contribution in [0, 0.1) is 18.7 Å². The minimum Gasteiger partial charge on any atom is -0.508 e. The molecular formula is C56H63ClFN9O7S. The molecule has 1 amide bonds. The number of fused-ring (bicyclic) bond motifs is 2. The van der Waals surface area contributed by atoms with Crippen molar-refractivity contribution >= 4 is 62.1 Å². The summed E-state index contributed by atoms with van der Waals surface area (Å²) in [6.45, 7) is 15.1. The molecule has 75 heavy (non-hydrogen) atoms. The Labute approximate surface area is 444 Å². The largest absolute Gasteiger partial charge is 0.508 e. The molecule has 4 atom stereocenters. The van der Waals surface area contributed by atoms with E-state index in [1.807, 2.05) is 88.7 Å². The lowest BCUT2D eigenvalue weighted by atomic mass is 9.77. The molecule has 3 aliphatic rings. The van der Waals surface area contributed by atoms with Gasteiger partial charge in [-0.1, -0.05) is 74.0 Å². The van der Waals surface area contributed by atoms with Gasteiger partial charge >= 0.3 is 6.01 Å². The maximum absolute atomic E-state index is 17.0. The predicted molar refractivity (Wildman–Crippen MR) is 288 cm³/mol. The zero-order valence-corrected chi connectivity index (χ0v) is 44.4. The molecule has 0 saturated carbocycles. The molecule has 4 aromatic carbocycles. The number of aliphatic hydroxyl groups is 1. The van der Waals surface area contributed by atoms with Crippen LogP contribution in [0.3, 0.4) is 0 Å². The van der Waals surface area contributed by atoms with Crippen LogP contribution in [0.1, 0.15) is 76.4 Å². The zero-order valence-electron chi connectivity index (χ0n) is 42.8. The SMILES string of the molecule is Cc1ncsc1-c1ccc([C@H](C)NC(=O)[C@]2(C(=O)CC(C)(C)c3cc(OCC4CCN(C[C@@H](C)Oc5nc(N6CCNCC6)c6cc(Cl)c(-c7cc(O)cc8ccccc78)c(F)c6n5)CC4)no3)CC(O)CN2)cc1. The lowest BCUT2D eigenvalue weighted by Crippen LogP contribution is -2.60. The van der Waals surface area contributed by atoms with Crippen molar-refractivity contribution in [2.45, 2.75) is 89.5 Å². The second kappa shape index (κ2) is 21.8. The molecule has 3 aliphatic heterocycles. The number of piperidine rings is 1. The van der Waals surface area contributed by atoms with E-state index >= 15 is 4.39 Å². The van der Waals surface area contributed by atoms with Crippen LogP contribution in [0.4, 0.5) is 10.2 Å². The molecule has 10 rings (SSSR count). The fraction of sp³-hybridized carbons (Fsp3) is 0.429. The average molecular weight is 1060 g/mol. The summed E-state index contributed by atoms with van der Waals surface area (Å²) in [5.41, 5.74) is 2.93. The van der Waals surface area contributed by atoms with E-state index in [0.717, 1.165) is 71.5 Å². The number of aromatic nitrogens is 4. The summed E-state index contributed by atoms with van der Waals surface area (Å²) in [7, 11) is 0. The minimum atomic E-state index is -1.62. The number of Topliss-reactive ketones (excluding diaryl/α,β-unsaturated/α-hetero) is 1. The monoisotopic (exact) mass is 1060 g/mol. The number of likely N-dealkylation sites (tertiary alicyclic amines) is 1. The van der Waals surface area contributed by atoms with Crippen LogP contribution in [0.2, 0.25) is 5.02 Å². The Balaban J connectivity index is 0.742. The fourth-order valence-electron chi connectivity index (χ4n) is 10.7. The van der Waals surface area contributed by atoms with Gasteiger partial charge in [-0.05, 0) is 103 Å². The van der Waals surface area contributed by atoms with Crippen LogP contribution >= 0.6 is 22.9 Å². The average Bonchev–Trinajstić information content (AvgIpc) is 4.18. The topological polar surface area (TPSA) is 200 Å². The van der Waals surface area contributed by atoms with Crippen molar-refractivity contribution in [2.75, 3.05) is 63.9 Å². The van der Waals surface area contributed by atoms with Crippen LogP contribution in [0.15, 0.2) is 82.8 Å². The number of carbonyl (C=O) groups excluding carboxylic acids is 2. The van der Waals surface area contributed by atoms with Gasteiger partial charge in [0.2, 0.25) is 5.91 Å². The number of aryl methyl sites for hydroxylation is 1. The van der Waals surface area contributed by atoms with Gasteiger partial charge in [-0.3, -0.25) is 19.8 Å². The number of anilines is 1. The molecule has 0 radical (unpaired) electrons. The van der Waals surface area contributed by atoms with E-state index in [2.05, 4.69) is 40.9 Å². The first-order valence-corrected chi connectivity index (χ1v) is 27.0. The molecule has 6 heterocycles. The number of phenols is 1. The van der Waals surface area contributed by atoms with E-state index in [1.54, 1.807) is 29.5 Å². The number of hydrogen-bond donors (Lipinski definition) is 5. The third kappa shape index (κ3) is 11.0. The maximum atomic E-state index is 17.0. The number of halogens is 2. The summed E-state index contributed by atoms with van der Waals surface area (Å²) in [4.78, 5) is 47.7. The smallest absolute Gasteiger partial charge is 0.319 e. The second-order valence-corrected chi connectivity index (χ2v) is 22.2. The predicted octanol–water partition coefficient (Wildman–Crippen LogP) is 8.54. The number of nitrogens with zero attached hydrogens (tertiary/aromatic N) is 6. The standard InChI is InChI=1S/C56H63ClFN9O7S/c1-32(73-54-63-50-43(52(64-54)67-20-16-59-17-21-67)24-44(57)48(49(50)58)42-23-39(68)22-38-8-6-7-9-41(38)42)29-66-18-14-35(15-19-66)30-72-47-25-46(74-65-47)55(4,5)27-45(70)56(26-40(69)28-61-56)53(71)62-33(2)36-10-12-37(13-11-36)51-34(3)60-31-75-51/h6-13,22-25,31-33,35,40,59,61,68-69H,14-21,26-30H2,1-5H3,(H,62,71)/t32-,33+,40?,56-/m1/s1. The van der Waals surface area contributed by atoms with Gasteiger partial charge in [-0.25, -0.2) is 9.37 Å². The van der Waals surface area contributed by atoms with E-state index < -0.39 is 34.8 Å². The van der Waals surface area contributed by atoms with Crippen molar-refractivity contribution in [3.8, 4) is 39.2 Å². The number of thiazole rings is 1. The van der Waals surface area contributed by atoms with Crippen molar-refractivity contribution in [3.05, 3.63) is 106 Å². The first-order valence-electron chi connectivity index (χ1n) is 25.7. The van der Waals surface area contributed by atoms with Gasteiger partial charge in [0.1, 0.15) is 28.9 Å². The van der Waals surface area contributed by atoms with Crippen molar-refractivity contribution in [1.29, 1.82) is 0 Å². The Bertz CT molecular complexity index is 3210. The van der Waals surface area contributed by atoms with Crippen LogP contribution in [0.5, 0.6) is 17.6 Å². The Hall–Kier alpha value is -6.28. The third-order valence-electron chi connectivity index (χ3n) is 14.9. The number of phenolic OH excluding ortho intramolecular Hbond substituents is 1. The van der Waals surface area contributed by atoms with Crippen LogP contribution in [-0.4, -0.2) is 124 Å². The molecule has 5 N–H and O–H groups in total. The lowest BCUT2D eigenvalue weighted by Gasteiger charge is -2.33. The molecule has 394 valence electrons. The number of amides is 1. The van der Waals surface area contributed by atoms with Crippen LogP contribution in [0.25, 0.3) is 43.2 Å². The van der Waals surface area contributed by atoms with Crippen molar-refractivity contribution in [2.24, 2.45) is 5.92 Å². The minimum absolute atomic E-state index is 0.000798. The number of carbonyl (C=O) groups is 2. The molecule has 19 heteroatoms. The van der Waals surface area contributed by atoms with Gasteiger partial charge in [0.25, 0.3) is 5.88 Å². The summed E-state index contributed by atoms with van der Waals surface area (Å²) >= 11 is 8.49. The molecule has 1 unspecified atom stereocenters. The van der Waals surface area contributed by atoms with E-state index in [4.69, 9.17) is 30.6 Å². The molecule has 7 aromatic rings. The highest BCUT2D eigenvalue weighted by Crippen LogP contribution is 2.43. The molecule has 16 nitrogen and oxygen atoms in total. The van der Waals surface area contributed by atoms with E-state index in [0.29, 0.717) is 54.6 Å². The summed E-state index contributed by atoms with van der Waals surface area (Å²) in [5.74, 6) is 0.116. The normalized spacial score (nSPS) is 19.6. The number of nitrogens with one attached hydrogen (secondary N) is 3. The van der Waals surface area contributed by atoms with Gasteiger partial charge in [-0.15, -0.1) is 11.3 Å². The molecule has 3 aromatic heterocycles. The highest BCUT2D eigenvalue weighted by atomic mass is 35.5. The van der Waals surface area contributed by atoms with Crippen molar-refractivity contribution in [3.63, 3.8) is 0 Å². The number of ether oxygens (including phenoxy) is 2. The maximum Gasteiger partial charge on any atom is 0.319 e. The molecule has 0 spiro atoms. The highest BCUT2D eigenvalue weighted by Gasteiger charge is 2.52. The number of β-amino-alcohol motifs (C(OH)–C–C–N with tert-alkyl or cyclic N) is 1. The number of aliphatic hydroxyl groups excluding tert-OH is 1. The van der Waals surface area contributed by atoms with Crippen molar-refractivity contribution < 1.29 is 38.2 Å². The fourth-order valence-corrected chi connectivity index (χ4v) is 11.8. The van der Waals surface area contributed by atoms with Crippen LogP contribution < -0.4 is 30.3 Å². The Morgan fingerprint density at radius 1 is 1.03 bits per heavy atom. The zero-order chi connectivity index (χ0) is 52.6. The van der Waals surface area contributed by atoms with E-state index in [9.17, 15) is 19.8 Å². The highest BCUT2D eigenvalue weighted by molar-refractivity contribution is 7.13. The first-order chi connectivity index (χ1) is 36.0. The number of rotatable bonds is 17. The Morgan fingerprint density at radius 2 is 1.79 bits per heavy atom. The van der Waals surface area contributed by atoms with E-state index in [-0.39, 0.29) is 65.1 Å². The number of ketones is 1. The summed E-state index contributed by atoms with van der Waals surface area (Å²) in [6.07, 6.45) is 0.449. The summed E-state index contributed by atoms with van der Waals surface area (Å²) in [6, 6.07) is 21.7.